The van der Waals surface area contributed by atoms with Crippen LogP contribution in [0.15, 0.2) is 16.9 Å². The van der Waals surface area contributed by atoms with Crippen molar-refractivity contribution in [3.63, 3.8) is 0 Å². The van der Waals surface area contributed by atoms with Gasteiger partial charge < -0.3 is 19.4 Å². The average molecular weight is 277 g/mol. The largest absolute Gasteiger partial charge is 0.512 e. The van der Waals surface area contributed by atoms with Gasteiger partial charge in [0.05, 0.1) is 16.8 Å². The fourth-order valence-corrected chi connectivity index (χ4v) is 2.34. The summed E-state index contributed by atoms with van der Waals surface area (Å²) in [6, 6.07) is 3.22. The summed E-state index contributed by atoms with van der Waals surface area (Å²) in [5.74, 6) is 0. The van der Waals surface area contributed by atoms with E-state index in [0.717, 1.165) is 0 Å². The summed E-state index contributed by atoms with van der Waals surface area (Å²) >= 11 is 0. The van der Waals surface area contributed by atoms with E-state index in [9.17, 15) is 9.90 Å². The summed E-state index contributed by atoms with van der Waals surface area (Å²) in [6.07, 6.45) is 1.39. The zero-order valence-corrected chi connectivity index (χ0v) is 12.3. The van der Waals surface area contributed by atoms with Crippen LogP contribution in [0.2, 0.25) is 0 Å². The van der Waals surface area contributed by atoms with Crippen LogP contribution in [0, 0.1) is 0 Å². The third-order valence-corrected chi connectivity index (χ3v) is 4.63. The Balaban J connectivity index is 1.96. The zero-order chi connectivity index (χ0) is 14.8. The molecule has 0 bridgehead atoms. The van der Waals surface area contributed by atoms with Crippen molar-refractivity contribution in [1.82, 2.24) is 4.98 Å². The van der Waals surface area contributed by atoms with E-state index in [1.165, 1.54) is 6.07 Å². The van der Waals surface area contributed by atoms with Gasteiger partial charge in [0.2, 0.25) is 5.56 Å². The summed E-state index contributed by atoms with van der Waals surface area (Å²) in [5, 5.41) is 10.2. The molecule has 1 aromatic heterocycles. The van der Waals surface area contributed by atoms with Gasteiger partial charge >= 0.3 is 7.12 Å². The number of nitrogens with one attached hydrogen (secondary N) is 1. The molecule has 1 aliphatic heterocycles. The standard InChI is InChI=1S/C14H20BNO4/c1-12(2)13(3,4)20-15(19-12)10-7-9(8-11(17)16-10)14(18)5-6-14/h7-8,18H,5-6H2,1-4H3,(H,16,17). The first-order valence-corrected chi connectivity index (χ1v) is 6.96. The first-order chi connectivity index (χ1) is 9.13. The maximum absolute atomic E-state index is 11.8. The lowest BCUT2D eigenvalue weighted by atomic mass is 9.83. The van der Waals surface area contributed by atoms with Crippen molar-refractivity contribution in [3.05, 3.63) is 28.0 Å². The molecule has 2 N–H and O–H groups in total. The van der Waals surface area contributed by atoms with E-state index in [2.05, 4.69) is 4.98 Å². The minimum Gasteiger partial charge on any atom is -0.398 e. The van der Waals surface area contributed by atoms with Crippen molar-refractivity contribution in [2.24, 2.45) is 0 Å². The zero-order valence-electron chi connectivity index (χ0n) is 12.3. The summed E-state index contributed by atoms with van der Waals surface area (Å²) in [7, 11) is -0.616. The van der Waals surface area contributed by atoms with Crippen LogP contribution in [-0.2, 0) is 14.9 Å². The highest BCUT2D eigenvalue weighted by atomic mass is 16.7. The number of aromatic amines is 1. The second kappa shape index (κ2) is 3.96. The SMILES string of the molecule is CC1(C)OB(c2cc(C3(O)CC3)cc(=O)[nH]2)OC1(C)C. The smallest absolute Gasteiger partial charge is 0.398 e. The fraction of sp³-hybridized carbons (Fsp3) is 0.643. The minimum absolute atomic E-state index is 0.243. The van der Waals surface area contributed by atoms with E-state index in [4.69, 9.17) is 9.31 Å². The van der Waals surface area contributed by atoms with Gasteiger partial charge in [-0.2, -0.15) is 0 Å². The van der Waals surface area contributed by atoms with Crippen LogP contribution in [-0.4, -0.2) is 28.4 Å². The number of rotatable bonds is 2. The minimum atomic E-state index is -0.841. The van der Waals surface area contributed by atoms with Crippen molar-refractivity contribution in [3.8, 4) is 0 Å². The van der Waals surface area contributed by atoms with Gasteiger partial charge in [-0.1, -0.05) is 0 Å². The molecule has 20 heavy (non-hydrogen) atoms. The molecule has 0 atom stereocenters. The van der Waals surface area contributed by atoms with Crippen molar-refractivity contribution in [1.29, 1.82) is 0 Å². The molecule has 108 valence electrons. The van der Waals surface area contributed by atoms with Gasteiger partial charge in [0.15, 0.2) is 0 Å². The number of hydrogen-bond acceptors (Lipinski definition) is 4. The number of H-pyrrole nitrogens is 1. The van der Waals surface area contributed by atoms with Crippen LogP contribution in [0.3, 0.4) is 0 Å². The Bertz CT molecular complexity index is 587. The topological polar surface area (TPSA) is 71.5 Å². The van der Waals surface area contributed by atoms with Gasteiger partial charge in [0, 0.05) is 11.7 Å². The maximum Gasteiger partial charge on any atom is 0.512 e. The molecule has 6 heteroatoms. The highest BCUT2D eigenvalue weighted by Crippen LogP contribution is 2.44. The third kappa shape index (κ3) is 2.12. The first-order valence-electron chi connectivity index (χ1n) is 6.96. The van der Waals surface area contributed by atoms with Gasteiger partial charge in [-0.05, 0) is 52.2 Å². The first kappa shape index (κ1) is 13.9. The van der Waals surface area contributed by atoms with Crippen LogP contribution in [0.4, 0.5) is 0 Å². The normalized spacial score (nSPS) is 25.8. The Morgan fingerprint density at radius 3 is 2.20 bits per heavy atom. The summed E-state index contributed by atoms with van der Waals surface area (Å²) in [6.45, 7) is 7.85. The molecule has 0 aromatic carbocycles. The highest BCUT2D eigenvalue weighted by molar-refractivity contribution is 6.61. The van der Waals surface area contributed by atoms with E-state index >= 15 is 0 Å². The molecule has 0 unspecified atom stereocenters. The molecule has 5 nitrogen and oxygen atoms in total. The maximum atomic E-state index is 11.8. The lowest BCUT2D eigenvalue weighted by Crippen LogP contribution is -2.41. The Morgan fingerprint density at radius 1 is 1.15 bits per heavy atom. The Kier molecular flexibility index (Phi) is 2.75. The Morgan fingerprint density at radius 2 is 1.70 bits per heavy atom. The Labute approximate surface area is 118 Å². The van der Waals surface area contributed by atoms with Crippen molar-refractivity contribution >= 4 is 12.7 Å². The molecule has 1 aromatic rings. The summed E-state index contributed by atoms with van der Waals surface area (Å²) in [5.41, 5.74) is -0.792. The van der Waals surface area contributed by atoms with E-state index in [1.54, 1.807) is 6.07 Å². The molecule has 2 heterocycles. The van der Waals surface area contributed by atoms with E-state index < -0.39 is 23.9 Å². The monoisotopic (exact) mass is 277 g/mol. The fourth-order valence-electron chi connectivity index (χ4n) is 2.34. The van der Waals surface area contributed by atoms with Gasteiger partial charge in [-0.3, -0.25) is 4.79 Å². The van der Waals surface area contributed by atoms with Gasteiger partial charge in [-0.25, -0.2) is 0 Å². The molecule has 3 rings (SSSR count). The summed E-state index contributed by atoms with van der Waals surface area (Å²) < 4.78 is 11.8. The van der Waals surface area contributed by atoms with Crippen LogP contribution in [0.1, 0.15) is 46.1 Å². The van der Waals surface area contributed by atoms with Crippen molar-refractivity contribution < 1.29 is 14.4 Å². The molecular formula is C14H20BNO4. The van der Waals surface area contributed by atoms with Gasteiger partial charge in [-0.15, -0.1) is 0 Å². The molecule has 1 saturated carbocycles. The molecule has 0 spiro atoms. The van der Waals surface area contributed by atoms with Gasteiger partial charge in [0.25, 0.3) is 0 Å². The molecule has 2 aliphatic rings. The van der Waals surface area contributed by atoms with Crippen molar-refractivity contribution in [2.45, 2.75) is 57.3 Å². The summed E-state index contributed by atoms with van der Waals surface area (Å²) in [4.78, 5) is 14.5. The van der Waals surface area contributed by atoms with Crippen LogP contribution in [0.25, 0.3) is 0 Å². The highest BCUT2D eigenvalue weighted by Gasteiger charge is 2.52. The third-order valence-electron chi connectivity index (χ3n) is 4.63. The lowest BCUT2D eigenvalue weighted by molar-refractivity contribution is 0.00578. The predicted molar refractivity (Wildman–Crippen MR) is 75.9 cm³/mol. The van der Waals surface area contributed by atoms with Crippen LogP contribution in [0.5, 0.6) is 0 Å². The molecule has 1 saturated heterocycles. The predicted octanol–water partition coefficient (Wildman–Crippen LogP) is 0.655. The van der Waals surface area contributed by atoms with Crippen molar-refractivity contribution in [2.75, 3.05) is 0 Å². The quantitative estimate of drug-likeness (QED) is 0.779. The lowest BCUT2D eigenvalue weighted by Gasteiger charge is -2.32. The average Bonchev–Trinajstić information content (AvgIpc) is 3.01. The molecule has 0 radical (unpaired) electrons. The number of aliphatic hydroxyl groups is 1. The van der Waals surface area contributed by atoms with E-state index in [-0.39, 0.29) is 5.56 Å². The number of hydrogen-bond donors (Lipinski definition) is 2. The second-order valence-electron chi connectivity index (χ2n) is 6.81. The Hall–Kier alpha value is -1.11. The second-order valence-corrected chi connectivity index (χ2v) is 6.81. The van der Waals surface area contributed by atoms with Gasteiger partial charge in [0.1, 0.15) is 0 Å². The van der Waals surface area contributed by atoms with E-state index in [1.807, 2.05) is 27.7 Å². The number of aromatic nitrogens is 1. The van der Waals surface area contributed by atoms with E-state index in [0.29, 0.717) is 24.0 Å². The molecule has 0 amide bonds. The van der Waals surface area contributed by atoms with Crippen LogP contribution < -0.4 is 11.2 Å². The molecule has 1 aliphatic carbocycles. The number of pyridine rings is 1. The molecular weight excluding hydrogens is 257 g/mol. The molecule has 2 fully saturated rings. The van der Waals surface area contributed by atoms with Crippen LogP contribution >= 0.6 is 0 Å².